The first-order valence-corrected chi connectivity index (χ1v) is 6.89. The summed E-state index contributed by atoms with van der Waals surface area (Å²) in [5.41, 5.74) is 12.6. The van der Waals surface area contributed by atoms with Gasteiger partial charge in [0, 0.05) is 24.9 Å². The van der Waals surface area contributed by atoms with E-state index in [9.17, 15) is 4.39 Å². The molecule has 0 aliphatic heterocycles. The number of rotatable bonds is 5. The third-order valence-corrected chi connectivity index (χ3v) is 3.64. The SMILES string of the molecule is CC(N)C(N)Cc1nc(Cc2ccc(F)cc2)ns1. The van der Waals surface area contributed by atoms with E-state index in [4.69, 9.17) is 11.5 Å². The molecule has 2 unspecified atom stereocenters. The van der Waals surface area contributed by atoms with Crippen molar-refractivity contribution >= 4 is 11.5 Å². The van der Waals surface area contributed by atoms with Crippen LogP contribution < -0.4 is 11.5 Å². The van der Waals surface area contributed by atoms with E-state index in [2.05, 4.69) is 9.36 Å². The monoisotopic (exact) mass is 280 g/mol. The van der Waals surface area contributed by atoms with Gasteiger partial charge >= 0.3 is 0 Å². The van der Waals surface area contributed by atoms with Crippen LogP contribution in [-0.2, 0) is 12.8 Å². The van der Waals surface area contributed by atoms with Crippen molar-refractivity contribution in [1.82, 2.24) is 9.36 Å². The number of nitrogens with two attached hydrogens (primary N) is 2. The molecule has 1 aromatic carbocycles. The minimum absolute atomic E-state index is 0.0653. The van der Waals surface area contributed by atoms with Crippen LogP contribution in [0.15, 0.2) is 24.3 Å². The second kappa shape index (κ2) is 6.18. The van der Waals surface area contributed by atoms with Crippen molar-refractivity contribution in [2.75, 3.05) is 0 Å². The second-order valence-electron chi connectivity index (χ2n) is 4.63. The van der Waals surface area contributed by atoms with E-state index < -0.39 is 0 Å². The summed E-state index contributed by atoms with van der Waals surface area (Å²) < 4.78 is 17.1. The molecule has 102 valence electrons. The van der Waals surface area contributed by atoms with Crippen LogP contribution in [0.3, 0.4) is 0 Å². The van der Waals surface area contributed by atoms with Crippen molar-refractivity contribution in [3.05, 3.63) is 46.5 Å². The van der Waals surface area contributed by atoms with Gasteiger partial charge in [0.05, 0.1) is 0 Å². The van der Waals surface area contributed by atoms with Gasteiger partial charge in [-0.2, -0.15) is 4.37 Å². The average molecular weight is 280 g/mol. The van der Waals surface area contributed by atoms with Crippen LogP contribution in [0.25, 0.3) is 0 Å². The zero-order chi connectivity index (χ0) is 13.8. The minimum atomic E-state index is -0.237. The van der Waals surface area contributed by atoms with Gasteiger partial charge in [-0.3, -0.25) is 0 Å². The zero-order valence-electron chi connectivity index (χ0n) is 10.7. The maximum absolute atomic E-state index is 12.8. The van der Waals surface area contributed by atoms with Crippen molar-refractivity contribution in [1.29, 1.82) is 0 Å². The lowest BCUT2D eigenvalue weighted by molar-refractivity contribution is 0.556. The molecule has 0 saturated carbocycles. The number of nitrogens with zero attached hydrogens (tertiary/aromatic N) is 2. The summed E-state index contributed by atoms with van der Waals surface area (Å²) in [5.74, 6) is 0.502. The molecule has 1 heterocycles. The van der Waals surface area contributed by atoms with E-state index in [1.807, 2.05) is 6.92 Å². The van der Waals surface area contributed by atoms with Gasteiger partial charge in [-0.25, -0.2) is 9.37 Å². The molecule has 19 heavy (non-hydrogen) atoms. The van der Waals surface area contributed by atoms with E-state index in [1.54, 1.807) is 12.1 Å². The molecule has 2 aromatic rings. The summed E-state index contributed by atoms with van der Waals surface area (Å²) in [6.45, 7) is 1.88. The molecule has 0 aliphatic carbocycles. The molecule has 4 nitrogen and oxygen atoms in total. The number of hydrogen-bond acceptors (Lipinski definition) is 5. The predicted octanol–water partition coefficient (Wildman–Crippen LogP) is 1.49. The Morgan fingerprint density at radius 3 is 2.58 bits per heavy atom. The number of hydrogen-bond donors (Lipinski definition) is 2. The average Bonchev–Trinajstić information content (AvgIpc) is 2.79. The molecular weight excluding hydrogens is 263 g/mol. The Kier molecular flexibility index (Phi) is 4.57. The Morgan fingerprint density at radius 1 is 1.26 bits per heavy atom. The highest BCUT2D eigenvalue weighted by molar-refractivity contribution is 7.05. The summed E-state index contributed by atoms with van der Waals surface area (Å²) in [4.78, 5) is 4.43. The van der Waals surface area contributed by atoms with Crippen LogP contribution in [0.5, 0.6) is 0 Å². The molecule has 0 aliphatic rings. The highest BCUT2D eigenvalue weighted by Crippen LogP contribution is 2.12. The van der Waals surface area contributed by atoms with Gasteiger partial charge in [-0.15, -0.1) is 0 Å². The van der Waals surface area contributed by atoms with Crippen LogP contribution >= 0.6 is 11.5 Å². The third kappa shape index (κ3) is 4.05. The molecule has 1 aromatic heterocycles. The van der Waals surface area contributed by atoms with Crippen molar-refractivity contribution in [3.63, 3.8) is 0 Å². The van der Waals surface area contributed by atoms with Gasteiger partial charge in [-0.05, 0) is 36.2 Å². The summed E-state index contributed by atoms with van der Waals surface area (Å²) >= 11 is 1.35. The molecule has 0 fully saturated rings. The van der Waals surface area contributed by atoms with Crippen molar-refractivity contribution in [3.8, 4) is 0 Å². The molecule has 4 N–H and O–H groups in total. The van der Waals surface area contributed by atoms with Gasteiger partial charge in [0.15, 0.2) is 0 Å². The van der Waals surface area contributed by atoms with E-state index in [0.29, 0.717) is 12.8 Å². The molecule has 2 atom stereocenters. The van der Waals surface area contributed by atoms with Gasteiger partial charge < -0.3 is 11.5 Å². The van der Waals surface area contributed by atoms with Gasteiger partial charge in [-0.1, -0.05) is 12.1 Å². The standard InChI is InChI=1S/C13H17FN4S/c1-8(15)11(16)7-13-17-12(18-19-13)6-9-2-4-10(14)5-3-9/h2-5,8,11H,6-7,15-16H2,1H3. The van der Waals surface area contributed by atoms with Crippen LogP contribution in [-0.4, -0.2) is 21.4 Å². The predicted molar refractivity (Wildman–Crippen MR) is 74.4 cm³/mol. The van der Waals surface area contributed by atoms with E-state index in [-0.39, 0.29) is 17.9 Å². The smallest absolute Gasteiger partial charge is 0.146 e. The van der Waals surface area contributed by atoms with Crippen molar-refractivity contribution < 1.29 is 4.39 Å². The highest BCUT2D eigenvalue weighted by Gasteiger charge is 2.12. The first-order valence-electron chi connectivity index (χ1n) is 6.11. The molecule has 0 spiro atoms. The summed E-state index contributed by atoms with van der Waals surface area (Å²) in [6, 6.07) is 6.19. The Hall–Kier alpha value is -1.37. The lowest BCUT2D eigenvalue weighted by atomic mass is 10.1. The second-order valence-corrected chi connectivity index (χ2v) is 5.47. The normalized spacial score (nSPS) is 14.3. The topological polar surface area (TPSA) is 77.8 Å². The molecule has 0 amide bonds. The Bertz CT molecular complexity index is 524. The molecular formula is C13H17FN4S. The number of benzene rings is 1. The number of aromatic nitrogens is 2. The van der Waals surface area contributed by atoms with Crippen LogP contribution in [0.1, 0.15) is 23.3 Å². The van der Waals surface area contributed by atoms with Gasteiger partial charge in [0.2, 0.25) is 0 Å². The van der Waals surface area contributed by atoms with Crippen molar-refractivity contribution in [2.24, 2.45) is 11.5 Å². The third-order valence-electron chi connectivity index (χ3n) is 2.87. The fourth-order valence-electron chi connectivity index (χ4n) is 1.62. The largest absolute Gasteiger partial charge is 0.327 e. The minimum Gasteiger partial charge on any atom is -0.327 e. The molecule has 0 saturated heterocycles. The fourth-order valence-corrected chi connectivity index (χ4v) is 2.35. The van der Waals surface area contributed by atoms with E-state index >= 15 is 0 Å². The van der Waals surface area contributed by atoms with E-state index in [0.717, 1.165) is 16.4 Å². The van der Waals surface area contributed by atoms with Crippen LogP contribution in [0.4, 0.5) is 4.39 Å². The Labute approximate surface area is 115 Å². The summed E-state index contributed by atoms with van der Waals surface area (Å²) in [5, 5.41) is 0.891. The van der Waals surface area contributed by atoms with E-state index in [1.165, 1.54) is 23.7 Å². The maximum atomic E-state index is 12.8. The summed E-state index contributed by atoms with van der Waals surface area (Å²) in [6.07, 6.45) is 1.24. The fraction of sp³-hybridized carbons (Fsp3) is 0.385. The first kappa shape index (κ1) is 14.0. The Balaban J connectivity index is 1.99. The zero-order valence-corrected chi connectivity index (χ0v) is 11.5. The maximum Gasteiger partial charge on any atom is 0.146 e. The number of halogens is 1. The lowest BCUT2D eigenvalue weighted by Gasteiger charge is -2.12. The molecule has 6 heteroatoms. The quantitative estimate of drug-likeness (QED) is 0.869. The summed E-state index contributed by atoms with van der Waals surface area (Å²) in [7, 11) is 0. The van der Waals surface area contributed by atoms with Crippen LogP contribution in [0.2, 0.25) is 0 Å². The molecule has 2 rings (SSSR count). The molecule has 0 bridgehead atoms. The Morgan fingerprint density at radius 2 is 1.95 bits per heavy atom. The molecule has 0 radical (unpaired) electrons. The van der Waals surface area contributed by atoms with Crippen molar-refractivity contribution in [2.45, 2.75) is 31.8 Å². The van der Waals surface area contributed by atoms with Crippen LogP contribution in [0, 0.1) is 5.82 Å². The first-order chi connectivity index (χ1) is 9.04. The highest BCUT2D eigenvalue weighted by atomic mass is 32.1. The lowest BCUT2D eigenvalue weighted by Crippen LogP contribution is -2.40. The van der Waals surface area contributed by atoms with Gasteiger partial charge in [0.25, 0.3) is 0 Å². The van der Waals surface area contributed by atoms with Gasteiger partial charge in [0.1, 0.15) is 16.6 Å².